The number of carbonyl (C=O) groups is 2. The molecular weight excluding hydrogens is 406 g/mol. The number of benzene rings is 1. The molecule has 2 amide bonds. The van der Waals surface area contributed by atoms with Gasteiger partial charge in [-0.2, -0.15) is 0 Å². The number of ether oxygens (including phenoxy) is 1. The van der Waals surface area contributed by atoms with E-state index in [1.165, 1.54) is 11.1 Å². The average molecular weight is 446 g/mol. The lowest BCUT2D eigenvalue weighted by Gasteiger charge is -2.41. The average Bonchev–Trinajstić information content (AvgIpc) is 2.80. The van der Waals surface area contributed by atoms with Crippen LogP contribution in [0.3, 0.4) is 0 Å². The molecule has 0 aromatic heterocycles. The van der Waals surface area contributed by atoms with Crippen molar-refractivity contribution >= 4 is 12.0 Å². The molecule has 0 bridgehead atoms. The van der Waals surface area contributed by atoms with E-state index < -0.39 is 6.09 Å². The summed E-state index contributed by atoms with van der Waals surface area (Å²) in [4.78, 5) is 30.8. The van der Waals surface area contributed by atoms with Gasteiger partial charge in [0.15, 0.2) is 0 Å². The Morgan fingerprint density at radius 2 is 2.03 bits per heavy atom. The van der Waals surface area contributed by atoms with Crippen LogP contribution in [0.4, 0.5) is 4.79 Å². The Kier molecular flexibility index (Phi) is 8.79. The molecule has 1 N–H and O–H groups in total. The van der Waals surface area contributed by atoms with Crippen molar-refractivity contribution in [3.8, 4) is 5.75 Å². The van der Waals surface area contributed by atoms with Crippen molar-refractivity contribution < 1.29 is 19.4 Å². The van der Waals surface area contributed by atoms with Crippen LogP contribution < -0.4 is 4.74 Å². The smallest absolute Gasteiger partial charge is 0.407 e. The van der Waals surface area contributed by atoms with Gasteiger partial charge in [-0.15, -0.1) is 0 Å². The van der Waals surface area contributed by atoms with E-state index in [-0.39, 0.29) is 18.0 Å². The number of carboxylic acid groups (broad SMARTS) is 1. The Balaban J connectivity index is 1.65. The first-order valence-electron chi connectivity index (χ1n) is 12.1. The van der Waals surface area contributed by atoms with Gasteiger partial charge in [-0.05, 0) is 49.3 Å². The Morgan fingerprint density at radius 1 is 1.22 bits per heavy atom. The third-order valence-corrected chi connectivity index (χ3v) is 6.92. The topological polar surface area (TPSA) is 73.3 Å². The van der Waals surface area contributed by atoms with E-state index in [1.54, 1.807) is 12.0 Å². The molecule has 3 rings (SSSR count). The van der Waals surface area contributed by atoms with Crippen molar-refractivity contribution in [3.63, 3.8) is 0 Å². The van der Waals surface area contributed by atoms with Gasteiger partial charge in [-0.3, -0.25) is 9.69 Å². The van der Waals surface area contributed by atoms with Gasteiger partial charge in [0.25, 0.3) is 0 Å². The lowest BCUT2D eigenvalue weighted by atomic mass is 9.86. The van der Waals surface area contributed by atoms with Gasteiger partial charge in [0.2, 0.25) is 5.91 Å². The lowest BCUT2D eigenvalue weighted by Crippen LogP contribution is -2.57. The monoisotopic (exact) mass is 445 g/mol. The number of amides is 2. The number of hydrogen-bond donors (Lipinski definition) is 1. The van der Waals surface area contributed by atoms with Gasteiger partial charge in [0.1, 0.15) is 5.75 Å². The van der Waals surface area contributed by atoms with Gasteiger partial charge in [-0.25, -0.2) is 4.79 Å². The fourth-order valence-corrected chi connectivity index (χ4v) is 5.25. The number of hydrogen-bond acceptors (Lipinski definition) is 4. The first kappa shape index (κ1) is 24.4. The fraction of sp³-hybridized carbons (Fsp3) is 0.680. The molecule has 2 aliphatic rings. The van der Waals surface area contributed by atoms with Crippen LogP contribution in [0, 0.1) is 0 Å². The molecule has 0 radical (unpaired) electrons. The number of methoxy groups -OCH3 is 1. The van der Waals surface area contributed by atoms with E-state index in [9.17, 15) is 14.7 Å². The van der Waals surface area contributed by atoms with Crippen LogP contribution in [0.5, 0.6) is 5.75 Å². The largest absolute Gasteiger partial charge is 0.496 e. The van der Waals surface area contributed by atoms with Crippen LogP contribution in [-0.2, 0) is 17.6 Å². The molecule has 7 heteroatoms. The summed E-state index contributed by atoms with van der Waals surface area (Å²) in [5, 5.41) is 9.55. The molecule has 0 saturated carbocycles. The third kappa shape index (κ3) is 5.74. The van der Waals surface area contributed by atoms with Gasteiger partial charge < -0.3 is 19.6 Å². The molecule has 1 heterocycles. The molecule has 1 fully saturated rings. The first-order valence-corrected chi connectivity index (χ1v) is 12.1. The first-order chi connectivity index (χ1) is 15.5. The second-order valence-electron chi connectivity index (χ2n) is 9.09. The van der Waals surface area contributed by atoms with E-state index in [4.69, 9.17) is 4.74 Å². The predicted molar refractivity (Wildman–Crippen MR) is 125 cm³/mol. The molecule has 1 aromatic rings. The Hall–Kier alpha value is -2.28. The maximum atomic E-state index is 13.4. The lowest BCUT2D eigenvalue weighted by molar-refractivity contribution is -0.135. The van der Waals surface area contributed by atoms with Gasteiger partial charge >= 0.3 is 6.09 Å². The summed E-state index contributed by atoms with van der Waals surface area (Å²) in [6, 6.07) is 6.38. The number of fused-ring (bicyclic) bond motifs is 1. The number of carbonyl (C=O) groups excluding carboxylic acids is 1. The van der Waals surface area contributed by atoms with Crippen molar-refractivity contribution in [3.05, 3.63) is 29.3 Å². The molecule has 2 unspecified atom stereocenters. The van der Waals surface area contributed by atoms with Crippen LogP contribution in [0.15, 0.2) is 18.2 Å². The maximum absolute atomic E-state index is 13.4. The van der Waals surface area contributed by atoms with Crippen LogP contribution in [-0.4, -0.2) is 83.7 Å². The van der Waals surface area contributed by atoms with Crippen molar-refractivity contribution in [1.29, 1.82) is 0 Å². The maximum Gasteiger partial charge on any atom is 0.407 e. The van der Waals surface area contributed by atoms with Crippen LogP contribution >= 0.6 is 0 Å². The molecule has 1 aliphatic carbocycles. The molecule has 32 heavy (non-hydrogen) atoms. The standard InChI is InChI=1S/C25H39N3O4/c1-4-6-9-21-17-26(14-15-28(21)25(30)31)18-24(29)27(13-5-2)20-11-12-22-19(16-20)8-7-10-23(22)32-3/h7-8,10,20-21H,4-6,9,11-18H2,1-3H3,(H,30,31). The molecule has 1 aromatic carbocycles. The number of nitrogens with zero attached hydrogens (tertiary/aromatic N) is 3. The van der Waals surface area contributed by atoms with Gasteiger partial charge in [0, 0.05) is 38.3 Å². The quantitative estimate of drug-likeness (QED) is 0.628. The minimum atomic E-state index is -0.846. The van der Waals surface area contributed by atoms with E-state index in [0.29, 0.717) is 26.2 Å². The SMILES string of the molecule is CCCCC1CN(CC(=O)N(CCC)C2CCc3c(cccc3OC)C2)CCN1C(=O)O. The highest BCUT2D eigenvalue weighted by Gasteiger charge is 2.33. The summed E-state index contributed by atoms with van der Waals surface area (Å²) in [6.45, 7) is 7.10. The zero-order valence-electron chi connectivity index (χ0n) is 19.9. The normalized spacial score (nSPS) is 21.2. The Labute approximate surface area is 192 Å². The highest BCUT2D eigenvalue weighted by molar-refractivity contribution is 5.79. The summed E-state index contributed by atoms with van der Waals surface area (Å²) in [6.07, 6.45) is 5.72. The van der Waals surface area contributed by atoms with E-state index in [1.807, 2.05) is 12.1 Å². The molecule has 7 nitrogen and oxygen atoms in total. The number of piperazine rings is 1. The van der Waals surface area contributed by atoms with Crippen LogP contribution in [0.1, 0.15) is 57.1 Å². The summed E-state index contributed by atoms with van der Waals surface area (Å²) in [5.74, 6) is 1.12. The van der Waals surface area contributed by atoms with E-state index in [0.717, 1.165) is 57.2 Å². The van der Waals surface area contributed by atoms with Gasteiger partial charge in [-0.1, -0.05) is 38.8 Å². The fourth-order valence-electron chi connectivity index (χ4n) is 5.25. The highest BCUT2D eigenvalue weighted by atomic mass is 16.5. The van der Waals surface area contributed by atoms with Crippen molar-refractivity contribution in [2.45, 2.75) is 70.9 Å². The summed E-state index contributed by atoms with van der Waals surface area (Å²) >= 11 is 0. The minimum Gasteiger partial charge on any atom is -0.496 e. The second-order valence-corrected chi connectivity index (χ2v) is 9.09. The van der Waals surface area contributed by atoms with Crippen LogP contribution in [0.2, 0.25) is 0 Å². The summed E-state index contributed by atoms with van der Waals surface area (Å²) in [7, 11) is 1.71. The van der Waals surface area contributed by atoms with Crippen molar-refractivity contribution in [2.24, 2.45) is 0 Å². The zero-order valence-corrected chi connectivity index (χ0v) is 19.9. The number of rotatable bonds is 9. The second kappa shape index (κ2) is 11.5. The Bertz CT molecular complexity index is 784. The summed E-state index contributed by atoms with van der Waals surface area (Å²) < 4.78 is 5.53. The van der Waals surface area contributed by atoms with Crippen LogP contribution in [0.25, 0.3) is 0 Å². The van der Waals surface area contributed by atoms with Crippen molar-refractivity contribution in [1.82, 2.24) is 14.7 Å². The van der Waals surface area contributed by atoms with Crippen molar-refractivity contribution in [2.75, 3.05) is 39.8 Å². The minimum absolute atomic E-state index is 0.0253. The highest BCUT2D eigenvalue weighted by Crippen LogP contribution is 2.31. The third-order valence-electron chi connectivity index (χ3n) is 6.92. The van der Waals surface area contributed by atoms with E-state index in [2.05, 4.69) is 29.7 Å². The molecular formula is C25H39N3O4. The molecule has 1 aliphatic heterocycles. The number of unbranched alkanes of at least 4 members (excludes halogenated alkanes) is 1. The zero-order chi connectivity index (χ0) is 23.1. The molecule has 1 saturated heterocycles. The van der Waals surface area contributed by atoms with E-state index >= 15 is 0 Å². The predicted octanol–water partition coefficient (Wildman–Crippen LogP) is 3.65. The molecule has 2 atom stereocenters. The Morgan fingerprint density at radius 3 is 2.72 bits per heavy atom. The van der Waals surface area contributed by atoms with Gasteiger partial charge in [0.05, 0.1) is 13.7 Å². The summed E-state index contributed by atoms with van der Waals surface area (Å²) in [5.41, 5.74) is 2.56. The molecule has 178 valence electrons. The molecule has 0 spiro atoms.